The third kappa shape index (κ3) is 4.25. The first-order chi connectivity index (χ1) is 11.3. The zero-order chi connectivity index (χ0) is 16.1. The van der Waals surface area contributed by atoms with Gasteiger partial charge in [-0.1, -0.05) is 58.3 Å². The first-order valence-corrected chi connectivity index (χ1v) is 9.48. The van der Waals surface area contributed by atoms with Crippen molar-refractivity contribution in [2.75, 3.05) is 6.61 Å². The Morgan fingerprint density at radius 3 is 2.43 bits per heavy atom. The summed E-state index contributed by atoms with van der Waals surface area (Å²) in [6.45, 7) is 2.61. The summed E-state index contributed by atoms with van der Waals surface area (Å²) in [6, 6.07) is -0.0780. The van der Waals surface area contributed by atoms with Crippen molar-refractivity contribution in [1.29, 1.82) is 0 Å². The molecule has 5 atom stereocenters. The van der Waals surface area contributed by atoms with E-state index in [9.17, 15) is 5.11 Å². The van der Waals surface area contributed by atoms with Gasteiger partial charge in [-0.3, -0.25) is 0 Å². The van der Waals surface area contributed by atoms with Crippen LogP contribution in [-0.2, 0) is 14.2 Å². The molecule has 0 bridgehead atoms. The Kier molecular flexibility index (Phi) is 6.31. The van der Waals surface area contributed by atoms with Gasteiger partial charge < -0.3 is 19.3 Å². The van der Waals surface area contributed by atoms with Crippen LogP contribution in [0.1, 0.15) is 71.1 Å². The van der Waals surface area contributed by atoms with Crippen LogP contribution in [-0.4, -0.2) is 48.3 Å². The number of hydrogen-bond donors (Lipinski definition) is 1. The molecule has 0 spiro atoms. The highest BCUT2D eigenvalue weighted by Crippen LogP contribution is 2.37. The molecule has 3 aliphatic heterocycles. The van der Waals surface area contributed by atoms with Crippen molar-refractivity contribution in [2.45, 2.75) is 102 Å². The lowest BCUT2D eigenvalue weighted by Crippen LogP contribution is -2.30. The van der Waals surface area contributed by atoms with Crippen LogP contribution in [0.15, 0.2) is 4.99 Å². The van der Waals surface area contributed by atoms with Gasteiger partial charge in [-0.25, -0.2) is 4.99 Å². The van der Waals surface area contributed by atoms with Gasteiger partial charge in [-0.2, -0.15) is 0 Å². The average Bonchev–Trinajstić information content (AvgIpc) is 3.18. The second kappa shape index (κ2) is 8.45. The largest absolute Gasteiger partial charge is 0.450 e. The lowest BCUT2D eigenvalue weighted by atomic mass is 10.1. The van der Waals surface area contributed by atoms with E-state index in [1.54, 1.807) is 0 Å². The van der Waals surface area contributed by atoms with Gasteiger partial charge in [-0.15, -0.1) is 0 Å². The summed E-state index contributed by atoms with van der Waals surface area (Å²) in [5, 5.41) is 9.76. The standard InChI is InChI=1S/C18H31NO4/c1-2-3-4-5-6-7-8-9-10-11-14-19-15-17-16(13(20)12-21-17)23-18(15)22-14/h13,15-18,20H,2-12H2,1H3/t13-,15-,16-,17-,18+/m1/s1. The van der Waals surface area contributed by atoms with Gasteiger partial charge in [0.1, 0.15) is 24.4 Å². The first kappa shape index (κ1) is 17.2. The minimum absolute atomic E-state index is 0.0780. The summed E-state index contributed by atoms with van der Waals surface area (Å²) in [6.07, 6.45) is 11.5. The van der Waals surface area contributed by atoms with Crippen molar-refractivity contribution in [2.24, 2.45) is 4.99 Å². The van der Waals surface area contributed by atoms with Crippen molar-refractivity contribution in [3.05, 3.63) is 0 Å². The van der Waals surface area contributed by atoms with E-state index in [1.165, 1.54) is 51.4 Å². The SMILES string of the molecule is CCCCCCCCCCCC1=N[C@H]2[C@@H](O1)O[C@H]1[C@@H]2OC[C@H]1O. The molecule has 0 aromatic rings. The maximum atomic E-state index is 9.76. The Hall–Kier alpha value is -0.650. The van der Waals surface area contributed by atoms with Crippen molar-refractivity contribution in [1.82, 2.24) is 0 Å². The molecule has 3 aliphatic rings. The van der Waals surface area contributed by atoms with E-state index in [4.69, 9.17) is 14.2 Å². The molecule has 2 saturated heterocycles. The third-order valence-corrected chi connectivity index (χ3v) is 5.11. The van der Waals surface area contributed by atoms with Crippen LogP contribution < -0.4 is 0 Å². The monoisotopic (exact) mass is 325 g/mol. The second-order valence-corrected chi connectivity index (χ2v) is 7.04. The lowest BCUT2D eigenvalue weighted by Gasteiger charge is -2.13. The zero-order valence-electron chi connectivity index (χ0n) is 14.3. The number of hydrogen-bond acceptors (Lipinski definition) is 5. The number of unbranched alkanes of at least 4 members (excludes halogenated alkanes) is 8. The van der Waals surface area contributed by atoms with Crippen LogP contribution in [0.4, 0.5) is 0 Å². The van der Waals surface area contributed by atoms with Crippen LogP contribution >= 0.6 is 0 Å². The van der Waals surface area contributed by atoms with Crippen LogP contribution in [0, 0.1) is 0 Å². The molecule has 5 heteroatoms. The topological polar surface area (TPSA) is 60.3 Å². The minimum atomic E-state index is -0.537. The molecule has 2 fully saturated rings. The molecule has 132 valence electrons. The summed E-state index contributed by atoms with van der Waals surface area (Å²) in [7, 11) is 0. The van der Waals surface area contributed by atoms with E-state index >= 15 is 0 Å². The fraction of sp³-hybridized carbons (Fsp3) is 0.944. The van der Waals surface area contributed by atoms with Gasteiger partial charge in [0.2, 0.25) is 6.29 Å². The molecule has 0 saturated carbocycles. The molecule has 0 unspecified atom stereocenters. The Morgan fingerprint density at radius 1 is 1.00 bits per heavy atom. The minimum Gasteiger partial charge on any atom is -0.450 e. The highest BCUT2D eigenvalue weighted by atomic mass is 16.7. The van der Waals surface area contributed by atoms with E-state index in [1.807, 2.05) is 0 Å². The van der Waals surface area contributed by atoms with Crippen LogP contribution in [0.2, 0.25) is 0 Å². The number of fused-ring (bicyclic) bond motifs is 3. The maximum Gasteiger partial charge on any atom is 0.227 e. The molecular weight excluding hydrogens is 294 g/mol. The van der Waals surface area contributed by atoms with E-state index in [-0.39, 0.29) is 24.5 Å². The smallest absolute Gasteiger partial charge is 0.227 e. The van der Waals surface area contributed by atoms with E-state index in [2.05, 4.69) is 11.9 Å². The van der Waals surface area contributed by atoms with Crippen molar-refractivity contribution in [3.8, 4) is 0 Å². The molecule has 3 heterocycles. The zero-order valence-corrected chi connectivity index (χ0v) is 14.3. The van der Waals surface area contributed by atoms with Gasteiger partial charge in [0.15, 0.2) is 5.90 Å². The highest BCUT2D eigenvalue weighted by molar-refractivity contribution is 5.78. The molecule has 23 heavy (non-hydrogen) atoms. The third-order valence-electron chi connectivity index (χ3n) is 5.11. The number of aliphatic imine (C=N–C) groups is 1. The van der Waals surface area contributed by atoms with Gasteiger partial charge in [0, 0.05) is 6.42 Å². The Bertz CT molecular complexity index is 400. The van der Waals surface area contributed by atoms with Gasteiger partial charge in [0.05, 0.1) is 6.61 Å². The molecule has 5 nitrogen and oxygen atoms in total. The van der Waals surface area contributed by atoms with Crippen molar-refractivity contribution >= 4 is 5.90 Å². The summed E-state index contributed by atoms with van der Waals surface area (Å²) < 4.78 is 17.1. The fourth-order valence-electron chi connectivity index (χ4n) is 3.74. The number of nitrogens with zero attached hydrogens (tertiary/aromatic N) is 1. The van der Waals surface area contributed by atoms with Gasteiger partial charge in [-0.05, 0) is 6.42 Å². The van der Waals surface area contributed by atoms with Crippen LogP contribution in [0.3, 0.4) is 0 Å². The highest BCUT2D eigenvalue weighted by Gasteiger charge is 2.55. The van der Waals surface area contributed by atoms with Crippen molar-refractivity contribution < 1.29 is 19.3 Å². The predicted octanol–water partition coefficient (Wildman–Crippen LogP) is 3.19. The van der Waals surface area contributed by atoms with Crippen LogP contribution in [0.5, 0.6) is 0 Å². The summed E-state index contributed by atoms with van der Waals surface area (Å²) in [5.41, 5.74) is 0. The van der Waals surface area contributed by atoms with Gasteiger partial charge in [0.25, 0.3) is 0 Å². The molecular formula is C18H31NO4. The molecule has 3 rings (SSSR count). The number of aliphatic hydroxyl groups is 1. The summed E-state index contributed by atoms with van der Waals surface area (Å²) in [5.74, 6) is 0.811. The Labute approximate surface area is 139 Å². The van der Waals surface area contributed by atoms with Gasteiger partial charge >= 0.3 is 0 Å². The molecule has 0 aromatic carbocycles. The number of ether oxygens (including phenoxy) is 3. The summed E-state index contributed by atoms with van der Waals surface area (Å²) >= 11 is 0. The Morgan fingerprint density at radius 2 is 1.70 bits per heavy atom. The quantitative estimate of drug-likeness (QED) is 0.627. The molecule has 0 radical (unpaired) electrons. The average molecular weight is 325 g/mol. The normalized spacial score (nSPS) is 35.0. The maximum absolute atomic E-state index is 9.76. The van der Waals surface area contributed by atoms with E-state index in [0.29, 0.717) is 6.61 Å². The first-order valence-electron chi connectivity index (χ1n) is 9.48. The lowest BCUT2D eigenvalue weighted by molar-refractivity contribution is -0.104. The number of rotatable bonds is 10. The molecule has 0 aliphatic carbocycles. The fourth-order valence-corrected chi connectivity index (χ4v) is 3.74. The molecule has 0 amide bonds. The predicted molar refractivity (Wildman–Crippen MR) is 88.6 cm³/mol. The van der Waals surface area contributed by atoms with Crippen LogP contribution in [0.25, 0.3) is 0 Å². The second-order valence-electron chi connectivity index (χ2n) is 7.04. The van der Waals surface area contributed by atoms with Crippen molar-refractivity contribution in [3.63, 3.8) is 0 Å². The van der Waals surface area contributed by atoms with E-state index < -0.39 is 6.10 Å². The molecule has 1 N–H and O–H groups in total. The number of aliphatic hydroxyl groups excluding tert-OH is 1. The molecule has 0 aromatic heterocycles. The van der Waals surface area contributed by atoms with E-state index in [0.717, 1.165) is 18.7 Å². The Balaban J connectivity index is 1.26. The summed E-state index contributed by atoms with van der Waals surface area (Å²) in [4.78, 5) is 4.63.